The molecule has 1 heterocycles. The molecule has 2 atom stereocenters. The Balaban J connectivity index is 0.000000731. The first kappa shape index (κ1) is 48.2. The molecule has 5 rings (SSSR count). The van der Waals surface area contributed by atoms with E-state index in [-0.39, 0.29) is 42.9 Å². The predicted molar refractivity (Wildman–Crippen MR) is 223 cm³/mol. The lowest BCUT2D eigenvalue weighted by atomic mass is 9.83. The molecule has 1 aromatic carbocycles. The molecule has 0 bridgehead atoms. The molecule has 2 saturated carbocycles. The van der Waals surface area contributed by atoms with Crippen LogP contribution in [0.15, 0.2) is 55.5 Å². The Bertz CT molecular complexity index is 1540. The minimum atomic E-state index is -0.851. The van der Waals surface area contributed by atoms with Crippen LogP contribution in [0.2, 0.25) is 0 Å². The largest absolute Gasteiger partial charge is 0.346 e. The zero-order valence-corrected chi connectivity index (χ0v) is 34.9. The molecule has 3 aliphatic carbocycles. The molecular weight excluding hydrogens is 723 g/mol. The van der Waals surface area contributed by atoms with Crippen LogP contribution in [-0.2, 0) is 36.8 Å². The normalized spacial score (nSPS) is 15.1. The van der Waals surface area contributed by atoms with E-state index in [0.717, 1.165) is 44.9 Å². The lowest BCUT2D eigenvalue weighted by molar-refractivity contribution is -0.140. The van der Waals surface area contributed by atoms with E-state index in [2.05, 4.69) is 62.1 Å². The summed E-state index contributed by atoms with van der Waals surface area (Å²) in [6.45, 7) is 11.8. The van der Waals surface area contributed by atoms with Crippen LogP contribution in [0.5, 0.6) is 0 Å². The number of Topliss-reactive ketones (excluding diaryl/α,β-unsaturated/α-hetero) is 1. The number of carbonyl (C=O) groups is 6. The molecule has 13 heteroatoms. The number of nitrogens with one attached hydrogen (secondary N) is 4. The van der Waals surface area contributed by atoms with Crippen LogP contribution in [0.25, 0.3) is 0 Å². The van der Waals surface area contributed by atoms with Crippen LogP contribution in [0.3, 0.4) is 0 Å². The highest BCUT2D eigenvalue weighted by molar-refractivity contribution is 6.38. The Kier molecular flexibility index (Phi) is 23.4. The number of amides is 5. The number of nitrogens with zero attached hydrogens (tertiary/aromatic N) is 3. The molecule has 13 nitrogen and oxygen atoms in total. The second kappa shape index (κ2) is 27.6. The van der Waals surface area contributed by atoms with Gasteiger partial charge in [-0.2, -0.15) is 0 Å². The molecule has 0 aliphatic heterocycles. The third kappa shape index (κ3) is 17.8. The van der Waals surface area contributed by atoms with Crippen molar-refractivity contribution < 1.29 is 28.8 Å². The average Bonchev–Trinajstić information content (AvgIpc) is 3.95. The number of carbonyl (C=O) groups excluding carboxylic acids is 6. The zero-order chi connectivity index (χ0) is 42.0. The molecule has 314 valence electrons. The van der Waals surface area contributed by atoms with Crippen molar-refractivity contribution in [3.63, 3.8) is 0 Å². The van der Waals surface area contributed by atoms with Crippen molar-refractivity contribution in [2.24, 2.45) is 11.8 Å². The molecule has 5 amide bonds. The maximum atomic E-state index is 13.1. The summed E-state index contributed by atoms with van der Waals surface area (Å²) in [7, 11) is 1.62. The Morgan fingerprint density at radius 2 is 1.53 bits per heavy atom. The zero-order valence-electron chi connectivity index (χ0n) is 34.9. The summed E-state index contributed by atoms with van der Waals surface area (Å²) in [6.07, 6.45) is 17.8. The third-order valence-electron chi connectivity index (χ3n) is 10.0. The highest BCUT2D eigenvalue weighted by atomic mass is 16.2. The van der Waals surface area contributed by atoms with Crippen molar-refractivity contribution in [2.45, 2.75) is 130 Å². The van der Waals surface area contributed by atoms with Crippen LogP contribution in [0.4, 0.5) is 0 Å². The highest BCUT2D eigenvalue weighted by Crippen LogP contribution is 2.33. The van der Waals surface area contributed by atoms with Crippen LogP contribution in [0, 0.1) is 11.8 Å². The van der Waals surface area contributed by atoms with Gasteiger partial charge in [0.25, 0.3) is 11.8 Å². The number of unbranched alkanes of at least 4 members (excludes halogenated alkanes) is 1. The van der Waals surface area contributed by atoms with Gasteiger partial charge in [-0.1, -0.05) is 90.1 Å². The van der Waals surface area contributed by atoms with E-state index in [1.807, 2.05) is 27.7 Å². The minimum absolute atomic E-state index is 0.0379. The number of benzene rings is 1. The van der Waals surface area contributed by atoms with Crippen molar-refractivity contribution in [2.75, 3.05) is 26.7 Å². The van der Waals surface area contributed by atoms with E-state index in [1.54, 1.807) is 18.2 Å². The summed E-state index contributed by atoms with van der Waals surface area (Å²) in [4.78, 5) is 85.2. The summed E-state index contributed by atoms with van der Waals surface area (Å²) < 4.78 is 0. The Labute approximate surface area is 340 Å². The van der Waals surface area contributed by atoms with E-state index in [4.69, 9.17) is 0 Å². The second-order valence-electron chi connectivity index (χ2n) is 14.2. The molecule has 0 saturated heterocycles. The number of rotatable bonds is 18. The van der Waals surface area contributed by atoms with E-state index in [9.17, 15) is 28.8 Å². The van der Waals surface area contributed by atoms with Crippen molar-refractivity contribution >= 4 is 35.3 Å². The number of hydrogen-bond donors (Lipinski definition) is 4. The van der Waals surface area contributed by atoms with E-state index >= 15 is 0 Å². The summed E-state index contributed by atoms with van der Waals surface area (Å²) in [5, 5.41) is 10.7. The highest BCUT2D eigenvalue weighted by Gasteiger charge is 2.34. The molecule has 1 aromatic heterocycles. The lowest BCUT2D eigenvalue weighted by Gasteiger charge is -2.30. The summed E-state index contributed by atoms with van der Waals surface area (Å²) in [5.41, 5.74) is 3.25. The van der Waals surface area contributed by atoms with Crippen molar-refractivity contribution in [3.05, 3.63) is 72.3 Å². The van der Waals surface area contributed by atoms with E-state index in [1.165, 1.54) is 48.8 Å². The number of aromatic nitrogens is 2. The molecule has 2 fully saturated rings. The van der Waals surface area contributed by atoms with Crippen molar-refractivity contribution in [3.8, 4) is 0 Å². The first-order valence-electron chi connectivity index (χ1n) is 21.0. The fraction of sp³-hybridized carbons (Fsp3) is 0.591. The predicted octanol–water partition coefficient (Wildman–Crippen LogP) is 5.28. The minimum Gasteiger partial charge on any atom is -0.346 e. The van der Waals surface area contributed by atoms with Gasteiger partial charge in [0.1, 0.15) is 11.7 Å². The van der Waals surface area contributed by atoms with Gasteiger partial charge in [0, 0.05) is 39.0 Å². The fourth-order valence-electron chi connectivity index (χ4n) is 6.77. The fourth-order valence-corrected chi connectivity index (χ4v) is 6.77. The maximum absolute atomic E-state index is 13.1. The SMILES string of the molecule is C=CCNC(=O)C(=O)C(CC1CC1)NC(=O)CCCCN(C)C(=O)CNC(=O)C(NC(=O)c1cnccn1)C1CCCCC1.CC.CC.c1ccc2c(c1)CCC2. The van der Waals surface area contributed by atoms with Gasteiger partial charge in [-0.15, -0.1) is 6.58 Å². The number of aryl methyl sites for hydroxylation is 2. The first-order valence-corrected chi connectivity index (χ1v) is 21.0. The number of likely N-dealkylation sites (N-methyl/N-ethyl adjacent to an activating group) is 1. The maximum Gasteiger partial charge on any atom is 0.289 e. The lowest BCUT2D eigenvalue weighted by Crippen LogP contribution is -2.53. The van der Waals surface area contributed by atoms with Gasteiger partial charge in [-0.3, -0.25) is 33.8 Å². The van der Waals surface area contributed by atoms with Crippen LogP contribution < -0.4 is 21.3 Å². The molecule has 2 unspecified atom stereocenters. The standard InChI is InChI=1S/C31H45N7O6.C9H10.2C2H6/c1-3-14-34-31(44)28(41)23(18-21-12-13-21)36-25(39)11-7-8-17-38(2)26(40)20-35-30(43)27(22-9-5-4-6-10-22)37-29(42)24-19-32-15-16-33-24;1-2-5-9-7-3-6-8(9)4-1;2*1-2/h3,15-16,19,21-23,27H,1,4-14,17-18,20H2,2H3,(H,34,44)(H,35,43)(H,36,39)(H,37,42);1-2,4-5H,3,6-7H2;2*1-2H3. The number of fused-ring (bicyclic) bond motifs is 1. The molecule has 0 radical (unpaired) electrons. The first-order chi connectivity index (χ1) is 27.7. The number of hydrogen-bond acceptors (Lipinski definition) is 8. The number of ketones is 1. The molecule has 2 aromatic rings. The van der Waals surface area contributed by atoms with Crippen molar-refractivity contribution in [1.29, 1.82) is 0 Å². The molecular formula is C44H67N7O6. The topological polar surface area (TPSA) is 180 Å². The van der Waals surface area contributed by atoms with Gasteiger partial charge < -0.3 is 26.2 Å². The van der Waals surface area contributed by atoms with Crippen LogP contribution >= 0.6 is 0 Å². The smallest absolute Gasteiger partial charge is 0.289 e. The van der Waals surface area contributed by atoms with Gasteiger partial charge in [0.05, 0.1) is 18.8 Å². The monoisotopic (exact) mass is 790 g/mol. The average molecular weight is 790 g/mol. The van der Waals surface area contributed by atoms with E-state index in [0.29, 0.717) is 31.7 Å². The summed E-state index contributed by atoms with van der Waals surface area (Å²) in [5.74, 6) is -2.62. The molecule has 0 spiro atoms. The Morgan fingerprint density at radius 1 is 0.860 bits per heavy atom. The van der Waals surface area contributed by atoms with E-state index < -0.39 is 35.6 Å². The third-order valence-corrected chi connectivity index (χ3v) is 10.0. The second-order valence-corrected chi connectivity index (χ2v) is 14.2. The van der Waals surface area contributed by atoms with Gasteiger partial charge in [-0.05, 0) is 74.3 Å². The Morgan fingerprint density at radius 3 is 2.12 bits per heavy atom. The quantitative estimate of drug-likeness (QED) is 0.0895. The van der Waals surface area contributed by atoms with Crippen LogP contribution in [0.1, 0.15) is 126 Å². The van der Waals surface area contributed by atoms with Gasteiger partial charge >= 0.3 is 0 Å². The summed E-state index contributed by atoms with van der Waals surface area (Å²) >= 11 is 0. The Hall–Kier alpha value is -4.94. The van der Waals surface area contributed by atoms with Gasteiger partial charge in [0.2, 0.25) is 23.5 Å². The molecule has 3 aliphatic rings. The van der Waals surface area contributed by atoms with Gasteiger partial charge in [0.15, 0.2) is 0 Å². The van der Waals surface area contributed by atoms with Crippen molar-refractivity contribution in [1.82, 2.24) is 36.1 Å². The van der Waals surface area contributed by atoms with Crippen LogP contribution in [-0.4, -0.2) is 89.0 Å². The molecule has 4 N–H and O–H groups in total. The van der Waals surface area contributed by atoms with Gasteiger partial charge in [-0.25, -0.2) is 4.98 Å². The molecule has 57 heavy (non-hydrogen) atoms. The summed E-state index contributed by atoms with van der Waals surface area (Å²) in [6, 6.07) is 7.10.